The van der Waals surface area contributed by atoms with Gasteiger partial charge in [0.2, 0.25) is 0 Å². The van der Waals surface area contributed by atoms with E-state index in [0.29, 0.717) is 12.5 Å². The van der Waals surface area contributed by atoms with Crippen molar-refractivity contribution in [2.24, 2.45) is 5.92 Å². The minimum absolute atomic E-state index is 0.443. The van der Waals surface area contributed by atoms with Crippen LogP contribution in [0.5, 0.6) is 0 Å². The summed E-state index contributed by atoms with van der Waals surface area (Å²) in [6, 6.07) is 10.4. The maximum Gasteiger partial charge on any atom is 0.0914 e. The first-order chi connectivity index (χ1) is 9.65. The first-order valence-electron chi connectivity index (χ1n) is 7.14. The molecule has 0 bridgehead atoms. The molecule has 2 nitrogen and oxygen atoms in total. The van der Waals surface area contributed by atoms with Crippen LogP contribution >= 0.6 is 11.3 Å². The second kappa shape index (κ2) is 7.58. The van der Waals surface area contributed by atoms with E-state index in [2.05, 4.69) is 48.1 Å². The number of hydrogen-bond acceptors (Lipinski definition) is 3. The van der Waals surface area contributed by atoms with Crippen LogP contribution in [0.15, 0.2) is 41.1 Å². The highest BCUT2D eigenvalue weighted by atomic mass is 32.1. The van der Waals surface area contributed by atoms with Crippen LogP contribution in [-0.2, 0) is 13.0 Å². The van der Waals surface area contributed by atoms with Crippen LogP contribution in [0, 0.1) is 5.92 Å². The largest absolute Gasteiger partial charge is 0.387 e. The summed E-state index contributed by atoms with van der Waals surface area (Å²) < 4.78 is 0. The first kappa shape index (κ1) is 15.2. The number of aliphatic hydroxyl groups excluding tert-OH is 1. The summed E-state index contributed by atoms with van der Waals surface area (Å²) in [5.41, 5.74) is 3.59. The quantitative estimate of drug-likeness (QED) is 0.813. The van der Waals surface area contributed by atoms with E-state index in [1.54, 1.807) is 11.3 Å². The summed E-state index contributed by atoms with van der Waals surface area (Å²) in [7, 11) is 0. The lowest BCUT2D eigenvalue weighted by Gasteiger charge is -2.13. The molecule has 1 aromatic carbocycles. The minimum Gasteiger partial charge on any atom is -0.387 e. The Morgan fingerprint density at radius 1 is 1.10 bits per heavy atom. The molecule has 0 fully saturated rings. The molecule has 20 heavy (non-hydrogen) atoms. The van der Waals surface area contributed by atoms with E-state index in [1.165, 1.54) is 11.1 Å². The Kier molecular flexibility index (Phi) is 5.77. The molecule has 0 amide bonds. The number of nitrogens with one attached hydrogen (secondary N) is 1. The lowest BCUT2D eigenvalue weighted by atomic mass is 10.0. The molecule has 2 N–H and O–H groups in total. The Bertz CT molecular complexity index is 490. The third-order valence-corrected chi connectivity index (χ3v) is 3.99. The van der Waals surface area contributed by atoms with Gasteiger partial charge in [0, 0.05) is 13.1 Å². The maximum absolute atomic E-state index is 10.2. The minimum atomic E-state index is -0.443. The van der Waals surface area contributed by atoms with Crippen molar-refractivity contribution < 1.29 is 5.11 Å². The molecule has 0 radical (unpaired) electrons. The zero-order chi connectivity index (χ0) is 14.4. The lowest BCUT2D eigenvalue weighted by molar-refractivity contribution is 0.174. The summed E-state index contributed by atoms with van der Waals surface area (Å²) in [5.74, 6) is 0.665. The van der Waals surface area contributed by atoms with Crippen molar-refractivity contribution in [2.75, 3.05) is 6.54 Å². The van der Waals surface area contributed by atoms with Gasteiger partial charge in [0.1, 0.15) is 0 Å². The predicted octanol–water partition coefficient (Wildman–Crippen LogP) is 3.77. The molecule has 2 rings (SSSR count). The van der Waals surface area contributed by atoms with Crippen molar-refractivity contribution in [1.82, 2.24) is 5.32 Å². The second-order valence-electron chi connectivity index (χ2n) is 5.62. The van der Waals surface area contributed by atoms with E-state index < -0.39 is 6.10 Å². The van der Waals surface area contributed by atoms with Gasteiger partial charge in [-0.25, -0.2) is 0 Å². The second-order valence-corrected chi connectivity index (χ2v) is 6.40. The van der Waals surface area contributed by atoms with Gasteiger partial charge in [0.25, 0.3) is 0 Å². The van der Waals surface area contributed by atoms with Crippen LogP contribution in [0.25, 0.3) is 0 Å². The third kappa shape index (κ3) is 4.75. The lowest BCUT2D eigenvalue weighted by Crippen LogP contribution is -2.20. The maximum atomic E-state index is 10.2. The van der Waals surface area contributed by atoms with Gasteiger partial charge < -0.3 is 10.4 Å². The van der Waals surface area contributed by atoms with Gasteiger partial charge in [-0.1, -0.05) is 38.1 Å². The summed E-state index contributed by atoms with van der Waals surface area (Å²) in [5, 5.41) is 17.6. The van der Waals surface area contributed by atoms with Gasteiger partial charge >= 0.3 is 0 Å². The fourth-order valence-electron chi connectivity index (χ4n) is 2.21. The number of benzene rings is 1. The van der Waals surface area contributed by atoms with Crippen molar-refractivity contribution in [3.63, 3.8) is 0 Å². The van der Waals surface area contributed by atoms with Gasteiger partial charge in [-0.05, 0) is 45.9 Å². The fraction of sp³-hybridized carbons (Fsp3) is 0.412. The van der Waals surface area contributed by atoms with Crippen LogP contribution in [0.2, 0.25) is 0 Å². The van der Waals surface area contributed by atoms with E-state index in [9.17, 15) is 5.11 Å². The van der Waals surface area contributed by atoms with Crippen LogP contribution < -0.4 is 5.32 Å². The van der Waals surface area contributed by atoms with E-state index in [4.69, 9.17) is 0 Å². The fourth-order valence-corrected chi connectivity index (χ4v) is 2.88. The average molecular weight is 289 g/mol. The zero-order valence-electron chi connectivity index (χ0n) is 12.2. The van der Waals surface area contributed by atoms with Crippen molar-refractivity contribution in [3.8, 4) is 0 Å². The standard InChI is InChI=1S/C17H23NOS/c1-13(2)9-14-3-5-16(6-4-14)17(19)11-18-10-15-7-8-20-12-15/h3-8,12-13,17-19H,9-11H2,1-2H3. The molecule has 0 saturated heterocycles. The SMILES string of the molecule is CC(C)Cc1ccc(C(O)CNCc2ccsc2)cc1. The first-order valence-corrected chi connectivity index (χ1v) is 8.08. The highest BCUT2D eigenvalue weighted by Gasteiger charge is 2.07. The van der Waals surface area contributed by atoms with Crippen molar-refractivity contribution in [3.05, 3.63) is 57.8 Å². The van der Waals surface area contributed by atoms with E-state index in [-0.39, 0.29) is 0 Å². The summed E-state index contributed by atoms with van der Waals surface area (Å²) in [6.45, 7) is 5.83. The number of aliphatic hydroxyl groups is 1. The Labute approximate surface area is 125 Å². The monoisotopic (exact) mass is 289 g/mol. The number of rotatable bonds is 7. The Hall–Kier alpha value is -1.16. The van der Waals surface area contributed by atoms with Crippen molar-refractivity contribution >= 4 is 11.3 Å². The Morgan fingerprint density at radius 3 is 2.45 bits per heavy atom. The molecule has 1 aromatic heterocycles. The molecule has 0 aliphatic carbocycles. The molecule has 0 saturated carbocycles. The average Bonchev–Trinajstić information content (AvgIpc) is 2.92. The van der Waals surface area contributed by atoms with E-state index >= 15 is 0 Å². The molecule has 0 aliphatic rings. The van der Waals surface area contributed by atoms with Gasteiger partial charge in [0.05, 0.1) is 6.10 Å². The number of hydrogen-bond donors (Lipinski definition) is 2. The number of thiophene rings is 1. The third-order valence-electron chi connectivity index (χ3n) is 3.26. The van der Waals surface area contributed by atoms with Gasteiger partial charge in [-0.2, -0.15) is 11.3 Å². The summed E-state index contributed by atoms with van der Waals surface area (Å²) in [6.07, 6.45) is 0.647. The van der Waals surface area contributed by atoms with Crippen molar-refractivity contribution in [1.29, 1.82) is 0 Å². The topological polar surface area (TPSA) is 32.3 Å². The van der Waals surface area contributed by atoms with Crippen LogP contribution in [0.3, 0.4) is 0 Å². The van der Waals surface area contributed by atoms with Crippen LogP contribution in [0.4, 0.5) is 0 Å². The molecule has 1 atom stereocenters. The molecule has 108 valence electrons. The summed E-state index contributed by atoms with van der Waals surface area (Å²) in [4.78, 5) is 0. The van der Waals surface area contributed by atoms with Gasteiger partial charge in [-0.15, -0.1) is 0 Å². The Balaban J connectivity index is 1.81. The smallest absolute Gasteiger partial charge is 0.0914 e. The Morgan fingerprint density at radius 2 is 1.85 bits per heavy atom. The van der Waals surface area contributed by atoms with E-state index in [0.717, 1.165) is 18.5 Å². The van der Waals surface area contributed by atoms with Gasteiger partial charge in [-0.3, -0.25) is 0 Å². The van der Waals surface area contributed by atoms with E-state index in [1.807, 2.05) is 12.1 Å². The van der Waals surface area contributed by atoms with Crippen molar-refractivity contribution in [2.45, 2.75) is 32.9 Å². The zero-order valence-corrected chi connectivity index (χ0v) is 13.0. The molecule has 3 heteroatoms. The molecule has 1 heterocycles. The van der Waals surface area contributed by atoms with Crippen LogP contribution in [-0.4, -0.2) is 11.7 Å². The normalized spacial score (nSPS) is 12.8. The highest BCUT2D eigenvalue weighted by molar-refractivity contribution is 7.07. The van der Waals surface area contributed by atoms with Crippen LogP contribution in [0.1, 0.15) is 36.6 Å². The molecule has 1 unspecified atom stereocenters. The summed E-state index contributed by atoms with van der Waals surface area (Å²) >= 11 is 1.70. The molecular weight excluding hydrogens is 266 g/mol. The highest BCUT2D eigenvalue weighted by Crippen LogP contribution is 2.15. The molecule has 2 aromatic rings. The molecular formula is C17H23NOS. The molecule has 0 aliphatic heterocycles. The van der Waals surface area contributed by atoms with Gasteiger partial charge in [0.15, 0.2) is 0 Å². The molecule has 0 spiro atoms. The predicted molar refractivity (Wildman–Crippen MR) is 86.0 cm³/mol.